The lowest BCUT2D eigenvalue weighted by Crippen LogP contribution is -2.32. The van der Waals surface area contributed by atoms with Gasteiger partial charge in [-0.3, -0.25) is 4.79 Å². The third-order valence-corrected chi connectivity index (χ3v) is 6.87. The van der Waals surface area contributed by atoms with Crippen LogP contribution in [0.25, 0.3) is 0 Å². The molecule has 1 fully saturated rings. The van der Waals surface area contributed by atoms with E-state index in [9.17, 15) is 13.2 Å². The molecule has 0 bridgehead atoms. The second-order valence-electron chi connectivity index (χ2n) is 7.00. The van der Waals surface area contributed by atoms with Crippen molar-refractivity contribution in [1.29, 1.82) is 0 Å². The van der Waals surface area contributed by atoms with E-state index in [1.807, 2.05) is 31.2 Å². The molecule has 1 amide bonds. The molecule has 6 nitrogen and oxygen atoms in total. The van der Waals surface area contributed by atoms with Crippen molar-refractivity contribution in [2.24, 2.45) is 0 Å². The minimum atomic E-state index is -3.71. The molecule has 3 rings (SSSR count). The van der Waals surface area contributed by atoms with Crippen LogP contribution in [0.15, 0.2) is 57.9 Å². The number of halogens is 1. The number of sulfonamides is 1. The molecule has 1 aliphatic rings. The second-order valence-corrected chi connectivity index (χ2v) is 9.68. The monoisotopic (exact) mass is 480 g/mol. The number of hydrogen-bond donors (Lipinski definition) is 2. The number of hydrogen-bond acceptors (Lipinski definition) is 4. The van der Waals surface area contributed by atoms with Gasteiger partial charge in [-0.05, 0) is 55.2 Å². The number of ether oxygens (including phenoxy) is 1. The molecule has 2 aromatic rings. The van der Waals surface area contributed by atoms with Crippen LogP contribution >= 0.6 is 15.9 Å². The predicted molar refractivity (Wildman–Crippen MR) is 115 cm³/mol. The molecule has 0 aliphatic carbocycles. The molecule has 1 saturated heterocycles. The quantitative estimate of drug-likeness (QED) is 0.601. The topological polar surface area (TPSA) is 84.5 Å². The Balaban J connectivity index is 1.70. The Morgan fingerprint density at radius 3 is 2.66 bits per heavy atom. The van der Waals surface area contributed by atoms with Gasteiger partial charge < -0.3 is 10.1 Å². The molecule has 0 radical (unpaired) electrons. The van der Waals surface area contributed by atoms with Crippen LogP contribution in [-0.2, 0) is 14.8 Å². The van der Waals surface area contributed by atoms with Crippen LogP contribution in [0.2, 0.25) is 0 Å². The standard InChI is InChI=1S/C21H25BrN2O4S/c1-2-20(15-8-10-17(22)11-9-15)24-21(25)16-5-3-7-19(13-16)29(26,27)23-14-18-6-4-12-28-18/h3,5,7-11,13,18,20,23H,2,4,6,12,14H2,1H3,(H,24,25). The fraction of sp³-hybridized carbons (Fsp3) is 0.381. The van der Waals surface area contributed by atoms with E-state index in [-0.39, 0.29) is 29.5 Å². The van der Waals surface area contributed by atoms with Gasteiger partial charge in [0.1, 0.15) is 0 Å². The lowest BCUT2D eigenvalue weighted by atomic mass is 10.0. The molecule has 2 unspecified atom stereocenters. The highest BCUT2D eigenvalue weighted by atomic mass is 79.9. The van der Waals surface area contributed by atoms with Crippen LogP contribution in [0.3, 0.4) is 0 Å². The van der Waals surface area contributed by atoms with Crippen LogP contribution in [0.4, 0.5) is 0 Å². The second kappa shape index (κ2) is 9.84. The zero-order chi connectivity index (χ0) is 20.9. The summed E-state index contributed by atoms with van der Waals surface area (Å²) < 4.78 is 34.2. The van der Waals surface area contributed by atoms with Gasteiger partial charge in [0, 0.05) is 23.2 Å². The van der Waals surface area contributed by atoms with Gasteiger partial charge in [-0.25, -0.2) is 13.1 Å². The molecule has 2 atom stereocenters. The van der Waals surface area contributed by atoms with Gasteiger partial charge in [-0.15, -0.1) is 0 Å². The van der Waals surface area contributed by atoms with Gasteiger partial charge in [0.15, 0.2) is 0 Å². The normalized spacial score (nSPS) is 17.8. The van der Waals surface area contributed by atoms with Crippen molar-refractivity contribution < 1.29 is 17.9 Å². The van der Waals surface area contributed by atoms with Crippen LogP contribution in [0.5, 0.6) is 0 Å². The van der Waals surface area contributed by atoms with Crippen molar-refractivity contribution >= 4 is 31.9 Å². The first-order chi connectivity index (χ1) is 13.9. The summed E-state index contributed by atoms with van der Waals surface area (Å²) in [4.78, 5) is 12.8. The van der Waals surface area contributed by atoms with E-state index >= 15 is 0 Å². The van der Waals surface area contributed by atoms with Crippen LogP contribution in [0, 0.1) is 0 Å². The van der Waals surface area contributed by atoms with E-state index in [0.717, 1.165) is 22.9 Å². The van der Waals surface area contributed by atoms with Gasteiger partial charge >= 0.3 is 0 Å². The highest BCUT2D eigenvalue weighted by Gasteiger charge is 2.21. The van der Waals surface area contributed by atoms with Crippen molar-refractivity contribution in [3.63, 3.8) is 0 Å². The Hall–Kier alpha value is -1.74. The molecule has 1 aliphatic heterocycles. The minimum absolute atomic E-state index is 0.0693. The van der Waals surface area contributed by atoms with Crippen LogP contribution in [-0.4, -0.2) is 33.6 Å². The molecule has 2 aromatic carbocycles. The molecule has 1 heterocycles. The molecule has 0 aromatic heterocycles. The van der Waals surface area contributed by atoms with Crippen molar-refractivity contribution in [1.82, 2.24) is 10.0 Å². The van der Waals surface area contributed by atoms with Gasteiger partial charge in [0.25, 0.3) is 5.91 Å². The highest BCUT2D eigenvalue weighted by Crippen LogP contribution is 2.21. The fourth-order valence-corrected chi connectivity index (χ4v) is 4.63. The SMILES string of the molecule is CCC(NC(=O)c1cccc(S(=O)(=O)NCC2CCCO2)c1)c1ccc(Br)cc1. The van der Waals surface area contributed by atoms with Gasteiger partial charge in [0.05, 0.1) is 17.0 Å². The Morgan fingerprint density at radius 2 is 2.00 bits per heavy atom. The maximum atomic E-state index is 12.7. The third-order valence-electron chi connectivity index (χ3n) is 4.92. The molecule has 0 spiro atoms. The smallest absolute Gasteiger partial charge is 0.251 e. The first-order valence-corrected chi connectivity index (χ1v) is 11.9. The van der Waals surface area contributed by atoms with E-state index in [2.05, 4.69) is 26.0 Å². The lowest BCUT2D eigenvalue weighted by molar-refractivity contribution is 0.0935. The molecular formula is C21H25BrN2O4S. The van der Waals surface area contributed by atoms with E-state index < -0.39 is 10.0 Å². The molecule has 0 saturated carbocycles. The molecule has 2 N–H and O–H groups in total. The predicted octanol–water partition coefficient (Wildman–Crippen LogP) is 3.79. The van der Waals surface area contributed by atoms with Crippen LogP contribution < -0.4 is 10.0 Å². The zero-order valence-electron chi connectivity index (χ0n) is 16.2. The van der Waals surface area contributed by atoms with Crippen molar-refractivity contribution in [2.75, 3.05) is 13.2 Å². The summed E-state index contributed by atoms with van der Waals surface area (Å²) in [7, 11) is -3.71. The maximum Gasteiger partial charge on any atom is 0.251 e. The summed E-state index contributed by atoms with van der Waals surface area (Å²) in [6, 6.07) is 13.7. The Kier molecular flexibility index (Phi) is 7.45. The summed E-state index contributed by atoms with van der Waals surface area (Å²) in [6.45, 7) is 2.89. The van der Waals surface area contributed by atoms with Gasteiger partial charge in [-0.2, -0.15) is 0 Å². The lowest BCUT2D eigenvalue weighted by Gasteiger charge is -2.18. The maximum absolute atomic E-state index is 12.7. The van der Waals surface area contributed by atoms with Crippen molar-refractivity contribution in [3.8, 4) is 0 Å². The summed E-state index contributed by atoms with van der Waals surface area (Å²) in [5.41, 5.74) is 1.30. The average Bonchev–Trinajstić information content (AvgIpc) is 3.25. The van der Waals surface area contributed by atoms with Gasteiger partial charge in [-0.1, -0.05) is 41.1 Å². The minimum Gasteiger partial charge on any atom is -0.377 e. The van der Waals surface area contributed by atoms with Crippen molar-refractivity contribution in [3.05, 3.63) is 64.1 Å². The van der Waals surface area contributed by atoms with Gasteiger partial charge in [0.2, 0.25) is 10.0 Å². The number of amides is 1. The Bertz CT molecular complexity index is 941. The number of carbonyl (C=O) groups is 1. The molecule has 156 valence electrons. The summed E-state index contributed by atoms with van der Waals surface area (Å²) in [6.07, 6.45) is 2.42. The first-order valence-electron chi connectivity index (χ1n) is 9.66. The zero-order valence-corrected chi connectivity index (χ0v) is 18.6. The number of nitrogens with one attached hydrogen (secondary N) is 2. The third kappa shape index (κ3) is 5.88. The fourth-order valence-electron chi connectivity index (χ4n) is 3.25. The molecule has 29 heavy (non-hydrogen) atoms. The van der Waals surface area contributed by atoms with E-state index in [4.69, 9.17) is 4.74 Å². The summed E-state index contributed by atoms with van der Waals surface area (Å²) in [5, 5.41) is 2.98. The molecule has 8 heteroatoms. The number of carbonyl (C=O) groups excluding carboxylic acids is 1. The van der Waals surface area contributed by atoms with E-state index in [1.54, 1.807) is 12.1 Å². The average molecular weight is 481 g/mol. The van der Waals surface area contributed by atoms with E-state index in [0.29, 0.717) is 18.6 Å². The number of benzene rings is 2. The molecular weight excluding hydrogens is 456 g/mol. The van der Waals surface area contributed by atoms with E-state index in [1.165, 1.54) is 12.1 Å². The van der Waals surface area contributed by atoms with Crippen molar-refractivity contribution in [2.45, 2.75) is 43.2 Å². The number of rotatable bonds is 8. The highest BCUT2D eigenvalue weighted by molar-refractivity contribution is 9.10. The summed E-state index contributed by atoms with van der Waals surface area (Å²) in [5.74, 6) is -0.309. The van der Waals surface area contributed by atoms with Crippen LogP contribution in [0.1, 0.15) is 48.1 Å². The Morgan fingerprint density at radius 1 is 1.24 bits per heavy atom. The Labute approximate surface area is 180 Å². The largest absolute Gasteiger partial charge is 0.377 e. The summed E-state index contributed by atoms with van der Waals surface area (Å²) >= 11 is 3.41. The first kappa shape index (κ1) is 22.0.